The molecule has 104 valence electrons. The first-order valence-corrected chi connectivity index (χ1v) is 6.82. The van der Waals surface area contributed by atoms with Gasteiger partial charge in [-0.15, -0.1) is 0 Å². The first kappa shape index (κ1) is 12.9. The average molecular weight is 270 g/mol. The Morgan fingerprint density at radius 2 is 2.05 bits per heavy atom. The number of carbonyl (C=O) groups excluding carboxylic acids is 1. The summed E-state index contributed by atoms with van der Waals surface area (Å²) >= 11 is 0. The van der Waals surface area contributed by atoms with Gasteiger partial charge in [0.1, 0.15) is 0 Å². The molecule has 20 heavy (non-hydrogen) atoms. The lowest BCUT2D eigenvalue weighted by atomic mass is 9.70. The Bertz CT molecular complexity index is 759. The van der Waals surface area contributed by atoms with Crippen LogP contribution in [0.4, 0.5) is 0 Å². The Morgan fingerprint density at radius 3 is 2.75 bits per heavy atom. The van der Waals surface area contributed by atoms with Gasteiger partial charge in [0.05, 0.1) is 5.92 Å². The van der Waals surface area contributed by atoms with Crippen molar-refractivity contribution in [2.75, 3.05) is 0 Å². The third-order valence-electron chi connectivity index (χ3n) is 4.14. The molecule has 1 aromatic carbocycles. The van der Waals surface area contributed by atoms with E-state index in [1.54, 1.807) is 0 Å². The normalized spacial score (nSPS) is 20.6. The monoisotopic (exact) mass is 270 g/mol. The Kier molecular flexibility index (Phi) is 2.71. The number of carbonyl (C=O) groups is 1. The van der Waals surface area contributed by atoms with E-state index in [-0.39, 0.29) is 16.8 Å². The maximum absolute atomic E-state index is 12.7. The van der Waals surface area contributed by atoms with Gasteiger partial charge in [-0.05, 0) is 30.4 Å². The number of para-hydroxylation sites is 1. The quantitative estimate of drug-likeness (QED) is 0.832. The highest BCUT2D eigenvalue weighted by molar-refractivity contribution is 5.85. The van der Waals surface area contributed by atoms with E-state index in [1.807, 2.05) is 24.3 Å². The number of nitrogens with one attached hydrogen (secondary N) is 1. The van der Waals surface area contributed by atoms with Crippen LogP contribution in [0.15, 0.2) is 29.1 Å². The molecular formula is C16H18N2O2. The van der Waals surface area contributed by atoms with Crippen molar-refractivity contribution in [1.82, 2.24) is 4.98 Å². The predicted molar refractivity (Wildman–Crippen MR) is 78.6 cm³/mol. The van der Waals surface area contributed by atoms with Crippen molar-refractivity contribution >= 4 is 16.8 Å². The fourth-order valence-electron chi connectivity index (χ4n) is 3.22. The van der Waals surface area contributed by atoms with Gasteiger partial charge in [-0.25, -0.2) is 0 Å². The summed E-state index contributed by atoms with van der Waals surface area (Å²) < 4.78 is 0. The predicted octanol–water partition coefficient (Wildman–Crippen LogP) is 2.07. The number of aromatic nitrogens is 1. The van der Waals surface area contributed by atoms with E-state index >= 15 is 0 Å². The van der Waals surface area contributed by atoms with E-state index in [9.17, 15) is 9.59 Å². The van der Waals surface area contributed by atoms with E-state index in [0.29, 0.717) is 29.5 Å². The van der Waals surface area contributed by atoms with Crippen molar-refractivity contribution < 1.29 is 4.79 Å². The number of amides is 1. The third-order valence-corrected chi connectivity index (χ3v) is 4.14. The van der Waals surface area contributed by atoms with E-state index in [0.717, 1.165) is 5.52 Å². The minimum Gasteiger partial charge on any atom is -0.369 e. The van der Waals surface area contributed by atoms with Crippen molar-refractivity contribution in [3.8, 4) is 0 Å². The van der Waals surface area contributed by atoms with Gasteiger partial charge in [0.25, 0.3) is 0 Å². The molecule has 1 heterocycles. The third kappa shape index (κ3) is 1.92. The maximum atomic E-state index is 12.7. The summed E-state index contributed by atoms with van der Waals surface area (Å²) in [6.07, 6.45) is 1.34. The summed E-state index contributed by atoms with van der Waals surface area (Å²) in [6.45, 7) is 4.14. The molecule has 1 unspecified atom stereocenters. The van der Waals surface area contributed by atoms with Crippen LogP contribution in [-0.2, 0) is 11.2 Å². The van der Waals surface area contributed by atoms with Crippen LogP contribution in [0.25, 0.3) is 10.9 Å². The highest BCUT2D eigenvalue weighted by atomic mass is 16.1. The Morgan fingerprint density at radius 1 is 1.35 bits per heavy atom. The van der Waals surface area contributed by atoms with Crippen LogP contribution >= 0.6 is 0 Å². The van der Waals surface area contributed by atoms with Crippen LogP contribution in [0.1, 0.15) is 37.4 Å². The fraction of sp³-hybridized carbons (Fsp3) is 0.375. The number of benzene rings is 1. The second-order valence-corrected chi connectivity index (χ2v) is 6.39. The van der Waals surface area contributed by atoms with Crippen LogP contribution in [0, 0.1) is 5.41 Å². The fourth-order valence-corrected chi connectivity index (χ4v) is 3.22. The van der Waals surface area contributed by atoms with Gasteiger partial charge in [0.15, 0.2) is 5.43 Å². The molecule has 4 nitrogen and oxygen atoms in total. The number of primary amides is 1. The molecule has 0 spiro atoms. The lowest BCUT2D eigenvalue weighted by molar-refractivity contribution is -0.120. The molecule has 0 radical (unpaired) electrons. The second kappa shape index (κ2) is 4.20. The summed E-state index contributed by atoms with van der Waals surface area (Å²) in [5, 5.41) is 0.673. The molecule has 2 aromatic rings. The Hall–Kier alpha value is -2.10. The highest BCUT2D eigenvalue weighted by Gasteiger charge is 2.37. The molecule has 0 saturated heterocycles. The SMILES string of the molecule is CC1(C)Cc2c([nH]c3ccccc3c2=O)C(C(N)=O)C1. The van der Waals surface area contributed by atoms with E-state index in [2.05, 4.69) is 18.8 Å². The van der Waals surface area contributed by atoms with Crippen LogP contribution < -0.4 is 11.2 Å². The van der Waals surface area contributed by atoms with E-state index in [1.165, 1.54) is 0 Å². The maximum Gasteiger partial charge on any atom is 0.226 e. The molecule has 1 amide bonds. The number of aromatic amines is 1. The number of hydrogen-bond donors (Lipinski definition) is 2. The summed E-state index contributed by atoms with van der Waals surface area (Å²) in [4.78, 5) is 27.7. The standard InChI is InChI=1S/C16H18N2O2/c1-16(2)7-10-13(11(8-16)15(17)20)18-12-6-4-3-5-9(12)14(10)19/h3-6,11H,7-8H2,1-2H3,(H2,17,20)(H,18,19). The molecule has 4 heteroatoms. The zero-order valence-corrected chi connectivity index (χ0v) is 11.7. The number of hydrogen-bond acceptors (Lipinski definition) is 2. The van der Waals surface area contributed by atoms with Gasteiger partial charge in [0.2, 0.25) is 5.91 Å². The summed E-state index contributed by atoms with van der Waals surface area (Å²) in [7, 11) is 0. The molecular weight excluding hydrogens is 252 g/mol. The molecule has 1 aliphatic carbocycles. The minimum absolute atomic E-state index is 0.0216. The van der Waals surface area contributed by atoms with Crippen LogP contribution in [0.2, 0.25) is 0 Å². The van der Waals surface area contributed by atoms with Crippen molar-refractivity contribution in [2.24, 2.45) is 11.1 Å². The lowest BCUT2D eigenvalue weighted by Gasteiger charge is -2.35. The van der Waals surface area contributed by atoms with Gasteiger partial charge in [-0.2, -0.15) is 0 Å². The Balaban J connectivity index is 2.34. The number of H-pyrrole nitrogens is 1. The van der Waals surface area contributed by atoms with Gasteiger partial charge >= 0.3 is 0 Å². The molecule has 0 saturated carbocycles. The van der Waals surface area contributed by atoms with Crippen molar-refractivity contribution in [2.45, 2.75) is 32.6 Å². The zero-order chi connectivity index (χ0) is 14.5. The molecule has 3 N–H and O–H groups in total. The summed E-state index contributed by atoms with van der Waals surface area (Å²) in [5.74, 6) is -0.781. The second-order valence-electron chi connectivity index (χ2n) is 6.39. The highest BCUT2D eigenvalue weighted by Crippen LogP contribution is 2.40. The number of fused-ring (bicyclic) bond motifs is 2. The molecule has 0 fully saturated rings. The van der Waals surface area contributed by atoms with Crippen molar-refractivity contribution in [3.05, 3.63) is 45.7 Å². The average Bonchev–Trinajstić information content (AvgIpc) is 2.39. The minimum atomic E-state index is -0.411. The zero-order valence-electron chi connectivity index (χ0n) is 11.7. The smallest absolute Gasteiger partial charge is 0.226 e. The van der Waals surface area contributed by atoms with Crippen LogP contribution in [0.3, 0.4) is 0 Å². The Labute approximate surface area is 117 Å². The molecule has 0 bridgehead atoms. The molecule has 1 aliphatic rings. The number of nitrogens with two attached hydrogens (primary N) is 1. The van der Waals surface area contributed by atoms with Gasteiger partial charge in [-0.3, -0.25) is 9.59 Å². The lowest BCUT2D eigenvalue weighted by Crippen LogP contribution is -2.36. The largest absolute Gasteiger partial charge is 0.369 e. The van der Waals surface area contributed by atoms with Gasteiger partial charge < -0.3 is 10.7 Å². The first-order chi connectivity index (χ1) is 9.39. The number of pyridine rings is 1. The molecule has 1 aromatic heterocycles. The molecule has 1 atom stereocenters. The molecule has 0 aliphatic heterocycles. The molecule has 3 rings (SSSR count). The van der Waals surface area contributed by atoms with Gasteiger partial charge in [-0.1, -0.05) is 26.0 Å². The van der Waals surface area contributed by atoms with Crippen LogP contribution in [-0.4, -0.2) is 10.9 Å². The topological polar surface area (TPSA) is 75.9 Å². The van der Waals surface area contributed by atoms with Crippen LogP contribution in [0.5, 0.6) is 0 Å². The van der Waals surface area contributed by atoms with E-state index in [4.69, 9.17) is 5.73 Å². The summed E-state index contributed by atoms with van der Waals surface area (Å²) in [5.41, 5.74) is 7.65. The van der Waals surface area contributed by atoms with Crippen molar-refractivity contribution in [3.63, 3.8) is 0 Å². The van der Waals surface area contributed by atoms with Crippen molar-refractivity contribution in [1.29, 1.82) is 0 Å². The number of rotatable bonds is 1. The summed E-state index contributed by atoms with van der Waals surface area (Å²) in [6, 6.07) is 7.39. The first-order valence-electron chi connectivity index (χ1n) is 6.82. The van der Waals surface area contributed by atoms with E-state index < -0.39 is 5.92 Å². The van der Waals surface area contributed by atoms with Gasteiger partial charge in [0, 0.05) is 22.2 Å².